The van der Waals surface area contributed by atoms with Crippen molar-refractivity contribution >= 4 is 32.9 Å². The Bertz CT molecular complexity index is 549. The normalized spacial score (nSPS) is 11.9. The average molecular weight is 309 g/mol. The molecule has 0 aliphatic rings. The molecule has 2 rings (SSSR count). The first-order valence-corrected chi connectivity index (χ1v) is 15.0. The molecule has 15 heavy (non-hydrogen) atoms. The van der Waals surface area contributed by atoms with Crippen molar-refractivity contribution in [3.05, 3.63) is 40.8 Å². The SMILES string of the molecule is [CH3][Sn]([CH3])([CH3])[c]1coc2ccccc2c1=O. The summed E-state index contributed by atoms with van der Waals surface area (Å²) in [6, 6.07) is 7.42. The summed E-state index contributed by atoms with van der Waals surface area (Å²) in [5.41, 5.74) is 0.849. The summed E-state index contributed by atoms with van der Waals surface area (Å²) in [6.07, 6.45) is 1.67. The Hall–Kier alpha value is -0.771. The van der Waals surface area contributed by atoms with Crippen molar-refractivity contribution in [1.82, 2.24) is 0 Å². The summed E-state index contributed by atoms with van der Waals surface area (Å²) in [6.45, 7) is 0. The molecule has 1 heterocycles. The molecule has 1 aromatic carbocycles. The third kappa shape index (κ3) is 1.95. The molecule has 0 N–H and O–H groups in total. The van der Waals surface area contributed by atoms with Crippen molar-refractivity contribution in [2.45, 2.75) is 14.8 Å². The van der Waals surface area contributed by atoms with Crippen molar-refractivity contribution < 1.29 is 4.42 Å². The van der Waals surface area contributed by atoms with Gasteiger partial charge in [-0.1, -0.05) is 0 Å². The van der Waals surface area contributed by atoms with E-state index in [9.17, 15) is 4.79 Å². The molecule has 0 saturated heterocycles. The summed E-state index contributed by atoms with van der Waals surface area (Å²) >= 11 is -2.33. The molecule has 0 bridgehead atoms. The molecule has 0 unspecified atom stereocenters. The van der Waals surface area contributed by atoms with Crippen LogP contribution in [0.25, 0.3) is 11.0 Å². The standard InChI is InChI=1S/C9H5O2.3CH3.Sn/c10-8-5-6-11-9-4-2-1-3-7(8)9;;;;/h1-4,6H;3*1H3;. The van der Waals surface area contributed by atoms with Gasteiger partial charge in [-0.3, -0.25) is 0 Å². The van der Waals surface area contributed by atoms with E-state index in [0.717, 1.165) is 3.58 Å². The van der Waals surface area contributed by atoms with Gasteiger partial charge in [-0.05, 0) is 0 Å². The Morgan fingerprint density at radius 1 is 1.13 bits per heavy atom. The molecule has 0 spiro atoms. The van der Waals surface area contributed by atoms with Gasteiger partial charge in [0.05, 0.1) is 0 Å². The Kier molecular flexibility index (Phi) is 2.62. The molecule has 3 heteroatoms. The molecule has 1 aromatic heterocycles. The quantitative estimate of drug-likeness (QED) is 0.757. The van der Waals surface area contributed by atoms with Gasteiger partial charge in [0.25, 0.3) is 0 Å². The summed E-state index contributed by atoms with van der Waals surface area (Å²) < 4.78 is 6.44. The third-order valence-electron chi connectivity index (χ3n) is 2.49. The number of benzene rings is 1. The van der Waals surface area contributed by atoms with Crippen LogP contribution in [0.5, 0.6) is 0 Å². The van der Waals surface area contributed by atoms with Gasteiger partial charge in [0, 0.05) is 0 Å². The van der Waals surface area contributed by atoms with Crippen LogP contribution >= 0.6 is 0 Å². The molecular formula is C12H14O2Sn. The van der Waals surface area contributed by atoms with Gasteiger partial charge in [-0.2, -0.15) is 0 Å². The molecule has 0 aliphatic heterocycles. The van der Waals surface area contributed by atoms with E-state index in [1.807, 2.05) is 24.3 Å². The van der Waals surface area contributed by atoms with Crippen LogP contribution in [-0.2, 0) is 0 Å². The number of rotatable bonds is 1. The number of hydrogen-bond donors (Lipinski definition) is 0. The van der Waals surface area contributed by atoms with E-state index < -0.39 is 18.4 Å². The maximum atomic E-state index is 12.2. The van der Waals surface area contributed by atoms with Gasteiger partial charge in [0.1, 0.15) is 0 Å². The topological polar surface area (TPSA) is 30.2 Å². The molecule has 2 aromatic rings. The van der Waals surface area contributed by atoms with Crippen LogP contribution in [0, 0.1) is 0 Å². The van der Waals surface area contributed by atoms with Crippen LogP contribution in [0.15, 0.2) is 39.7 Å². The monoisotopic (exact) mass is 310 g/mol. The summed E-state index contributed by atoms with van der Waals surface area (Å²) in [5, 5.41) is 0.710. The van der Waals surface area contributed by atoms with E-state index in [1.54, 1.807) is 6.26 Å². The second-order valence-corrected chi connectivity index (χ2v) is 19.1. The summed E-state index contributed by atoms with van der Waals surface area (Å²) in [7, 11) is 0. The van der Waals surface area contributed by atoms with E-state index in [0.29, 0.717) is 11.0 Å². The first-order valence-electron chi connectivity index (χ1n) is 5.01. The van der Waals surface area contributed by atoms with Crippen LogP contribution < -0.4 is 9.01 Å². The number of hydrogen-bond acceptors (Lipinski definition) is 2. The van der Waals surface area contributed by atoms with Crippen LogP contribution in [0.1, 0.15) is 0 Å². The molecule has 0 radical (unpaired) electrons. The summed E-state index contributed by atoms with van der Waals surface area (Å²) in [5.74, 6) is 0. The van der Waals surface area contributed by atoms with Gasteiger partial charge in [0.2, 0.25) is 0 Å². The zero-order chi connectivity index (χ0) is 11.1. The van der Waals surface area contributed by atoms with Crippen molar-refractivity contribution in [2.75, 3.05) is 0 Å². The second-order valence-electron chi connectivity index (χ2n) is 4.72. The fraction of sp³-hybridized carbons (Fsp3) is 0.250. The van der Waals surface area contributed by atoms with Crippen molar-refractivity contribution in [3.63, 3.8) is 0 Å². The first kappa shape index (κ1) is 10.7. The number of para-hydroxylation sites is 1. The minimum atomic E-state index is -2.33. The Morgan fingerprint density at radius 3 is 2.47 bits per heavy atom. The Labute approximate surface area is 92.8 Å². The number of fused-ring (bicyclic) bond motifs is 1. The molecular weight excluding hydrogens is 295 g/mol. The first-order chi connectivity index (χ1) is 7.00. The maximum absolute atomic E-state index is 12.2. The molecule has 0 amide bonds. The summed E-state index contributed by atoms with van der Waals surface area (Å²) in [4.78, 5) is 18.8. The van der Waals surface area contributed by atoms with Crippen LogP contribution in [-0.4, -0.2) is 18.4 Å². The van der Waals surface area contributed by atoms with Crippen LogP contribution in [0.2, 0.25) is 14.8 Å². The molecule has 0 atom stereocenters. The van der Waals surface area contributed by atoms with Gasteiger partial charge in [-0.25, -0.2) is 0 Å². The van der Waals surface area contributed by atoms with Crippen molar-refractivity contribution in [2.24, 2.45) is 0 Å². The zero-order valence-corrected chi connectivity index (χ0v) is 12.1. The van der Waals surface area contributed by atoms with E-state index in [2.05, 4.69) is 14.8 Å². The Morgan fingerprint density at radius 2 is 1.80 bits per heavy atom. The van der Waals surface area contributed by atoms with Crippen molar-refractivity contribution in [3.8, 4) is 0 Å². The Balaban J connectivity index is 2.83. The molecule has 2 nitrogen and oxygen atoms in total. The van der Waals surface area contributed by atoms with Crippen LogP contribution in [0.3, 0.4) is 0 Å². The molecule has 0 fully saturated rings. The molecule has 0 saturated carbocycles. The zero-order valence-electron chi connectivity index (χ0n) is 9.20. The van der Waals surface area contributed by atoms with Crippen molar-refractivity contribution in [1.29, 1.82) is 0 Å². The third-order valence-corrected chi connectivity index (χ3v) is 8.08. The van der Waals surface area contributed by atoms with Crippen LogP contribution in [0.4, 0.5) is 0 Å². The minimum absolute atomic E-state index is 0.167. The van der Waals surface area contributed by atoms with Gasteiger partial charge >= 0.3 is 92.9 Å². The average Bonchev–Trinajstić information content (AvgIpc) is 2.16. The van der Waals surface area contributed by atoms with Gasteiger partial charge in [0.15, 0.2) is 0 Å². The predicted molar refractivity (Wildman–Crippen MR) is 65.5 cm³/mol. The predicted octanol–water partition coefficient (Wildman–Crippen LogP) is 2.34. The van der Waals surface area contributed by atoms with E-state index in [1.165, 1.54) is 0 Å². The van der Waals surface area contributed by atoms with Gasteiger partial charge < -0.3 is 0 Å². The second kappa shape index (κ2) is 3.67. The fourth-order valence-corrected chi connectivity index (χ4v) is 5.10. The molecule has 0 aliphatic carbocycles. The fourth-order valence-electron chi connectivity index (χ4n) is 1.60. The van der Waals surface area contributed by atoms with E-state index in [4.69, 9.17) is 4.42 Å². The van der Waals surface area contributed by atoms with E-state index in [-0.39, 0.29) is 5.43 Å². The molecule has 78 valence electrons. The van der Waals surface area contributed by atoms with E-state index >= 15 is 0 Å². The van der Waals surface area contributed by atoms with Gasteiger partial charge in [-0.15, -0.1) is 0 Å².